The van der Waals surface area contributed by atoms with Crippen molar-refractivity contribution in [1.29, 1.82) is 0 Å². The van der Waals surface area contributed by atoms with E-state index in [9.17, 15) is 0 Å². The van der Waals surface area contributed by atoms with E-state index in [1.54, 1.807) is 12.8 Å². The summed E-state index contributed by atoms with van der Waals surface area (Å²) in [5.41, 5.74) is 1.24. The van der Waals surface area contributed by atoms with E-state index in [0.29, 0.717) is 10.8 Å². The Morgan fingerprint density at radius 3 is 1.40 bits per heavy atom. The molecule has 0 heterocycles. The zero-order chi connectivity index (χ0) is 14.4. The van der Waals surface area contributed by atoms with Crippen molar-refractivity contribution in [3.63, 3.8) is 0 Å². The Labute approximate surface area is 127 Å². The van der Waals surface area contributed by atoms with Gasteiger partial charge in [0.25, 0.3) is 0 Å². The standard InChI is InChI=1S/C20H36/c1-19(2)9-5-7-15-12-18-14-20(3,4)10-6-8-16(18)11-17(15)13-19/h15-18H,5-14H2,1-4H3. The van der Waals surface area contributed by atoms with Crippen LogP contribution < -0.4 is 0 Å². The third kappa shape index (κ3) is 3.25. The lowest BCUT2D eigenvalue weighted by Crippen LogP contribution is -2.33. The number of fused-ring (bicyclic) bond motifs is 2. The van der Waals surface area contributed by atoms with Gasteiger partial charge in [0.15, 0.2) is 0 Å². The maximum atomic E-state index is 2.53. The highest BCUT2D eigenvalue weighted by molar-refractivity contribution is 4.93. The predicted molar refractivity (Wildman–Crippen MR) is 87.7 cm³/mol. The Balaban J connectivity index is 1.73. The second kappa shape index (κ2) is 5.33. The molecule has 3 rings (SSSR count). The van der Waals surface area contributed by atoms with Gasteiger partial charge in [0.2, 0.25) is 0 Å². The number of rotatable bonds is 0. The lowest BCUT2D eigenvalue weighted by molar-refractivity contribution is 0.0709. The van der Waals surface area contributed by atoms with Crippen LogP contribution in [0.4, 0.5) is 0 Å². The van der Waals surface area contributed by atoms with Gasteiger partial charge in [-0.15, -0.1) is 0 Å². The molecular formula is C20H36. The highest BCUT2D eigenvalue weighted by Gasteiger charge is 2.43. The van der Waals surface area contributed by atoms with Gasteiger partial charge in [0.1, 0.15) is 0 Å². The summed E-state index contributed by atoms with van der Waals surface area (Å²) >= 11 is 0. The van der Waals surface area contributed by atoms with Gasteiger partial charge in [-0.25, -0.2) is 0 Å². The summed E-state index contributed by atoms with van der Waals surface area (Å²) in [7, 11) is 0. The highest BCUT2D eigenvalue weighted by Crippen LogP contribution is 2.53. The maximum absolute atomic E-state index is 2.53. The minimum atomic E-state index is 0.621. The highest BCUT2D eigenvalue weighted by atomic mass is 14.5. The molecule has 0 aliphatic heterocycles. The van der Waals surface area contributed by atoms with E-state index < -0.39 is 0 Å². The average Bonchev–Trinajstić information content (AvgIpc) is 2.54. The lowest BCUT2D eigenvalue weighted by atomic mass is 9.62. The van der Waals surface area contributed by atoms with Gasteiger partial charge >= 0.3 is 0 Å². The lowest BCUT2D eigenvalue weighted by Gasteiger charge is -2.43. The quantitative estimate of drug-likeness (QED) is 0.477. The molecule has 116 valence electrons. The summed E-state index contributed by atoms with van der Waals surface area (Å²) in [6.45, 7) is 10.1. The van der Waals surface area contributed by atoms with E-state index in [-0.39, 0.29) is 0 Å². The number of hydrogen-bond donors (Lipinski definition) is 0. The summed E-state index contributed by atoms with van der Waals surface area (Å²) in [5, 5.41) is 0. The molecule has 0 aromatic rings. The van der Waals surface area contributed by atoms with Crippen LogP contribution in [0.3, 0.4) is 0 Å². The molecule has 0 aromatic carbocycles. The predicted octanol–water partition coefficient (Wildman–Crippen LogP) is 6.45. The van der Waals surface area contributed by atoms with Crippen LogP contribution in [0.15, 0.2) is 0 Å². The topological polar surface area (TPSA) is 0 Å². The Hall–Kier alpha value is 0. The number of hydrogen-bond acceptors (Lipinski definition) is 0. The van der Waals surface area contributed by atoms with E-state index in [1.807, 2.05) is 0 Å². The first-order chi connectivity index (χ1) is 9.35. The second-order valence-electron chi connectivity index (χ2n) is 10.0. The molecule has 0 N–H and O–H groups in total. The second-order valence-corrected chi connectivity index (χ2v) is 10.0. The van der Waals surface area contributed by atoms with Crippen molar-refractivity contribution < 1.29 is 0 Å². The van der Waals surface area contributed by atoms with Gasteiger partial charge in [-0.2, -0.15) is 0 Å². The van der Waals surface area contributed by atoms with Crippen molar-refractivity contribution in [3.8, 4) is 0 Å². The van der Waals surface area contributed by atoms with Gasteiger partial charge in [-0.3, -0.25) is 0 Å². The van der Waals surface area contributed by atoms with Crippen LogP contribution in [-0.2, 0) is 0 Å². The van der Waals surface area contributed by atoms with Crippen molar-refractivity contribution in [2.45, 2.75) is 91.9 Å². The van der Waals surface area contributed by atoms with Gasteiger partial charge in [0, 0.05) is 0 Å². The zero-order valence-corrected chi connectivity index (χ0v) is 14.4. The Morgan fingerprint density at radius 1 is 0.600 bits per heavy atom. The summed E-state index contributed by atoms with van der Waals surface area (Å²) < 4.78 is 0. The molecule has 0 nitrogen and oxygen atoms in total. The van der Waals surface area contributed by atoms with Gasteiger partial charge in [-0.05, 0) is 73.0 Å². The molecule has 3 saturated carbocycles. The van der Waals surface area contributed by atoms with Crippen LogP contribution in [0.25, 0.3) is 0 Å². The molecule has 0 amide bonds. The van der Waals surface area contributed by atoms with Crippen molar-refractivity contribution in [1.82, 2.24) is 0 Å². The normalized spacial score (nSPS) is 43.8. The molecule has 0 aromatic heterocycles. The summed E-state index contributed by atoms with van der Waals surface area (Å²) in [6.07, 6.45) is 15.2. The molecule has 20 heavy (non-hydrogen) atoms. The molecule has 0 saturated heterocycles. The Bertz CT molecular complexity index is 304. The van der Waals surface area contributed by atoms with Crippen LogP contribution in [-0.4, -0.2) is 0 Å². The van der Waals surface area contributed by atoms with Crippen molar-refractivity contribution >= 4 is 0 Å². The van der Waals surface area contributed by atoms with E-state index in [4.69, 9.17) is 0 Å². The molecule has 0 bridgehead atoms. The van der Waals surface area contributed by atoms with Crippen LogP contribution >= 0.6 is 0 Å². The molecule has 0 spiro atoms. The van der Waals surface area contributed by atoms with Crippen molar-refractivity contribution in [3.05, 3.63) is 0 Å². The zero-order valence-electron chi connectivity index (χ0n) is 14.4. The first-order valence-corrected chi connectivity index (χ1v) is 9.35. The van der Waals surface area contributed by atoms with E-state index in [0.717, 1.165) is 23.7 Å². The van der Waals surface area contributed by atoms with Crippen LogP contribution in [0.2, 0.25) is 0 Å². The van der Waals surface area contributed by atoms with Gasteiger partial charge < -0.3 is 0 Å². The molecule has 4 atom stereocenters. The SMILES string of the molecule is CC1(C)CCCC2CC3CC(C)(C)CCCC3CC2C1. The molecule has 4 unspecified atom stereocenters. The fourth-order valence-corrected chi connectivity index (χ4v) is 6.06. The Kier molecular flexibility index (Phi) is 3.97. The Morgan fingerprint density at radius 2 is 1.00 bits per heavy atom. The molecule has 0 heteroatoms. The first kappa shape index (κ1) is 14.9. The minimum absolute atomic E-state index is 0.621. The average molecular weight is 277 g/mol. The van der Waals surface area contributed by atoms with Gasteiger partial charge in [-0.1, -0.05) is 53.4 Å². The fourth-order valence-electron chi connectivity index (χ4n) is 6.06. The molecule has 0 radical (unpaired) electrons. The first-order valence-electron chi connectivity index (χ1n) is 9.35. The smallest absolute Gasteiger partial charge is 0.0351 e. The summed E-state index contributed by atoms with van der Waals surface area (Å²) in [5.74, 6) is 4.28. The van der Waals surface area contributed by atoms with E-state index in [1.165, 1.54) is 51.4 Å². The molecule has 3 aliphatic rings. The third-order valence-corrected chi connectivity index (χ3v) is 7.03. The van der Waals surface area contributed by atoms with Crippen LogP contribution in [0.5, 0.6) is 0 Å². The van der Waals surface area contributed by atoms with Crippen LogP contribution in [0.1, 0.15) is 91.9 Å². The summed E-state index contributed by atoms with van der Waals surface area (Å²) in [4.78, 5) is 0. The van der Waals surface area contributed by atoms with Crippen molar-refractivity contribution in [2.24, 2.45) is 34.5 Å². The van der Waals surface area contributed by atoms with Crippen LogP contribution in [0, 0.1) is 34.5 Å². The fraction of sp³-hybridized carbons (Fsp3) is 1.00. The largest absolute Gasteiger partial charge is 0.0599 e. The molecular weight excluding hydrogens is 240 g/mol. The maximum Gasteiger partial charge on any atom is -0.0351 e. The van der Waals surface area contributed by atoms with E-state index in [2.05, 4.69) is 27.7 Å². The molecule has 3 aliphatic carbocycles. The van der Waals surface area contributed by atoms with Crippen molar-refractivity contribution in [2.75, 3.05) is 0 Å². The third-order valence-electron chi connectivity index (χ3n) is 7.03. The monoisotopic (exact) mass is 276 g/mol. The van der Waals surface area contributed by atoms with E-state index >= 15 is 0 Å². The van der Waals surface area contributed by atoms with Gasteiger partial charge in [0.05, 0.1) is 0 Å². The molecule has 3 fully saturated rings. The minimum Gasteiger partial charge on any atom is -0.0599 e. The summed E-state index contributed by atoms with van der Waals surface area (Å²) in [6, 6.07) is 0.